The Kier molecular flexibility index (Phi) is 3.66. The molecule has 0 aliphatic carbocycles. The van der Waals surface area contributed by atoms with Gasteiger partial charge in [-0.25, -0.2) is 0 Å². The van der Waals surface area contributed by atoms with E-state index in [1.165, 1.54) is 11.1 Å². The third kappa shape index (κ3) is 3.52. The molecule has 2 rings (SSSR count). The molecular weight excluding hydrogens is 210 g/mol. The number of nitrogen functional groups attached to an aromatic ring is 1. The van der Waals surface area contributed by atoms with Crippen LogP contribution in [0.25, 0.3) is 0 Å². The van der Waals surface area contributed by atoms with Crippen LogP contribution in [0.1, 0.15) is 17.5 Å². The highest BCUT2D eigenvalue weighted by molar-refractivity contribution is 5.40. The molecule has 0 amide bonds. The lowest BCUT2D eigenvalue weighted by Crippen LogP contribution is -1.92. The first-order valence-corrected chi connectivity index (χ1v) is 5.86. The van der Waals surface area contributed by atoms with Gasteiger partial charge in [0.05, 0.1) is 0 Å². The van der Waals surface area contributed by atoms with Crippen LogP contribution >= 0.6 is 0 Å². The number of aromatic hydroxyl groups is 1. The molecule has 3 N–H and O–H groups in total. The number of anilines is 1. The smallest absolute Gasteiger partial charge is 0.115 e. The fraction of sp³-hybridized carbons (Fsp3) is 0.200. The van der Waals surface area contributed by atoms with Crippen LogP contribution in [-0.4, -0.2) is 5.11 Å². The normalized spacial score (nSPS) is 10.4. The van der Waals surface area contributed by atoms with Crippen molar-refractivity contribution in [2.24, 2.45) is 0 Å². The molecule has 88 valence electrons. The first-order chi connectivity index (χ1) is 8.24. The predicted octanol–water partition coefficient (Wildman–Crippen LogP) is 3.15. The third-order valence-electron chi connectivity index (χ3n) is 2.79. The monoisotopic (exact) mass is 227 g/mol. The summed E-state index contributed by atoms with van der Waals surface area (Å²) in [4.78, 5) is 0. The number of rotatable bonds is 4. The fourth-order valence-corrected chi connectivity index (χ4v) is 1.96. The van der Waals surface area contributed by atoms with Gasteiger partial charge in [0.15, 0.2) is 0 Å². The van der Waals surface area contributed by atoms with Gasteiger partial charge in [-0.15, -0.1) is 0 Å². The third-order valence-corrected chi connectivity index (χ3v) is 2.79. The molecule has 2 heteroatoms. The molecule has 2 aromatic rings. The van der Waals surface area contributed by atoms with E-state index in [4.69, 9.17) is 5.73 Å². The lowest BCUT2D eigenvalue weighted by molar-refractivity contribution is 0.474. The Hall–Kier alpha value is -1.96. The van der Waals surface area contributed by atoms with Crippen LogP contribution in [-0.2, 0) is 12.8 Å². The van der Waals surface area contributed by atoms with Gasteiger partial charge < -0.3 is 10.8 Å². The summed E-state index contributed by atoms with van der Waals surface area (Å²) in [5, 5.41) is 9.35. The van der Waals surface area contributed by atoms with Crippen molar-refractivity contribution in [3.05, 3.63) is 59.7 Å². The number of benzene rings is 2. The van der Waals surface area contributed by atoms with Gasteiger partial charge in [-0.1, -0.05) is 24.3 Å². The van der Waals surface area contributed by atoms with E-state index >= 15 is 0 Å². The van der Waals surface area contributed by atoms with Gasteiger partial charge in [-0.05, 0) is 54.7 Å². The average Bonchev–Trinajstić information content (AvgIpc) is 2.29. The molecule has 0 heterocycles. The summed E-state index contributed by atoms with van der Waals surface area (Å²) in [6.45, 7) is 0. The van der Waals surface area contributed by atoms with Crippen LogP contribution in [0.4, 0.5) is 5.69 Å². The van der Waals surface area contributed by atoms with Crippen molar-refractivity contribution in [3.63, 3.8) is 0 Å². The largest absolute Gasteiger partial charge is 0.508 e. The molecule has 0 spiro atoms. The Morgan fingerprint density at radius 1 is 0.882 bits per heavy atom. The van der Waals surface area contributed by atoms with Crippen molar-refractivity contribution in [1.29, 1.82) is 0 Å². The van der Waals surface area contributed by atoms with Crippen molar-refractivity contribution in [2.45, 2.75) is 19.3 Å². The quantitative estimate of drug-likeness (QED) is 0.788. The zero-order valence-electron chi connectivity index (χ0n) is 9.76. The Balaban J connectivity index is 1.87. The molecule has 17 heavy (non-hydrogen) atoms. The molecule has 0 saturated carbocycles. The molecule has 0 aliphatic heterocycles. The van der Waals surface area contributed by atoms with Crippen molar-refractivity contribution in [3.8, 4) is 5.75 Å². The van der Waals surface area contributed by atoms with E-state index in [0.29, 0.717) is 5.75 Å². The zero-order chi connectivity index (χ0) is 12.1. The minimum Gasteiger partial charge on any atom is -0.508 e. The van der Waals surface area contributed by atoms with Gasteiger partial charge in [0.25, 0.3) is 0 Å². The Morgan fingerprint density at radius 3 is 2.18 bits per heavy atom. The lowest BCUT2D eigenvalue weighted by Gasteiger charge is -2.03. The highest BCUT2D eigenvalue weighted by atomic mass is 16.3. The highest BCUT2D eigenvalue weighted by Crippen LogP contribution is 2.14. The molecule has 2 aromatic carbocycles. The van der Waals surface area contributed by atoms with Crippen LogP contribution < -0.4 is 5.73 Å². The minimum atomic E-state index is 0.339. The summed E-state index contributed by atoms with van der Waals surface area (Å²) in [5.74, 6) is 0.339. The number of hydrogen-bond acceptors (Lipinski definition) is 2. The van der Waals surface area contributed by atoms with Crippen molar-refractivity contribution < 1.29 is 5.11 Å². The first-order valence-electron chi connectivity index (χ1n) is 5.86. The number of phenolic OH excluding ortho intramolecular Hbond substituents is 1. The molecule has 0 fully saturated rings. The number of phenols is 1. The number of aryl methyl sites for hydroxylation is 2. The lowest BCUT2D eigenvalue weighted by atomic mass is 10.0. The second kappa shape index (κ2) is 5.39. The minimum absolute atomic E-state index is 0.339. The zero-order valence-corrected chi connectivity index (χ0v) is 9.76. The SMILES string of the molecule is Nc1cccc(CCCc2cccc(O)c2)c1. The standard InChI is InChI=1S/C15H17NO/c16-14-8-2-6-12(10-14)4-1-5-13-7-3-9-15(17)11-13/h2-3,6-11,17H,1,4-5,16H2. The van der Waals surface area contributed by atoms with Gasteiger partial charge in [-0.3, -0.25) is 0 Å². The molecule has 0 saturated heterocycles. The van der Waals surface area contributed by atoms with E-state index in [0.717, 1.165) is 24.9 Å². The molecule has 0 atom stereocenters. The summed E-state index contributed by atoms with van der Waals surface area (Å²) >= 11 is 0. The number of nitrogens with two attached hydrogens (primary N) is 1. The molecule has 0 radical (unpaired) electrons. The second-order valence-electron chi connectivity index (χ2n) is 4.27. The van der Waals surface area contributed by atoms with Crippen LogP contribution in [0, 0.1) is 0 Å². The maximum Gasteiger partial charge on any atom is 0.115 e. The van der Waals surface area contributed by atoms with Crippen LogP contribution in [0.5, 0.6) is 5.75 Å². The maximum absolute atomic E-state index is 9.35. The summed E-state index contributed by atoms with van der Waals surface area (Å²) in [6.07, 6.45) is 3.05. The first kappa shape index (κ1) is 11.5. The molecular formula is C15H17NO. The predicted molar refractivity (Wildman–Crippen MR) is 71.0 cm³/mol. The van der Waals surface area contributed by atoms with E-state index in [9.17, 15) is 5.11 Å². The Labute approximate surface area is 102 Å². The van der Waals surface area contributed by atoms with E-state index in [1.807, 2.05) is 36.4 Å². The summed E-state index contributed by atoms with van der Waals surface area (Å²) in [6, 6.07) is 15.4. The van der Waals surface area contributed by atoms with E-state index < -0.39 is 0 Å². The second-order valence-corrected chi connectivity index (χ2v) is 4.27. The topological polar surface area (TPSA) is 46.2 Å². The molecule has 0 unspecified atom stereocenters. The van der Waals surface area contributed by atoms with Crippen LogP contribution in [0.2, 0.25) is 0 Å². The Bertz CT molecular complexity index is 448. The summed E-state index contributed by atoms with van der Waals surface area (Å²) in [7, 11) is 0. The van der Waals surface area contributed by atoms with Crippen LogP contribution in [0.3, 0.4) is 0 Å². The van der Waals surface area contributed by atoms with Gasteiger partial charge in [-0.2, -0.15) is 0 Å². The van der Waals surface area contributed by atoms with Crippen molar-refractivity contribution >= 4 is 5.69 Å². The van der Waals surface area contributed by atoms with Gasteiger partial charge >= 0.3 is 0 Å². The van der Waals surface area contributed by atoms with Crippen molar-refractivity contribution in [1.82, 2.24) is 0 Å². The van der Waals surface area contributed by atoms with Gasteiger partial charge in [0.2, 0.25) is 0 Å². The molecule has 2 nitrogen and oxygen atoms in total. The number of hydrogen-bond donors (Lipinski definition) is 2. The van der Waals surface area contributed by atoms with E-state index in [-0.39, 0.29) is 0 Å². The van der Waals surface area contributed by atoms with Gasteiger partial charge in [0.1, 0.15) is 5.75 Å². The average molecular weight is 227 g/mol. The summed E-state index contributed by atoms with van der Waals surface area (Å²) in [5.41, 5.74) is 8.99. The highest BCUT2D eigenvalue weighted by Gasteiger charge is 1.97. The molecule has 0 bridgehead atoms. The Morgan fingerprint density at radius 2 is 1.53 bits per heavy atom. The molecule has 0 aliphatic rings. The van der Waals surface area contributed by atoms with Crippen molar-refractivity contribution in [2.75, 3.05) is 5.73 Å². The van der Waals surface area contributed by atoms with E-state index in [1.54, 1.807) is 6.07 Å². The fourth-order valence-electron chi connectivity index (χ4n) is 1.96. The van der Waals surface area contributed by atoms with Crippen LogP contribution in [0.15, 0.2) is 48.5 Å². The maximum atomic E-state index is 9.35. The van der Waals surface area contributed by atoms with Gasteiger partial charge in [0, 0.05) is 5.69 Å². The van der Waals surface area contributed by atoms with E-state index in [2.05, 4.69) is 6.07 Å². The molecule has 0 aromatic heterocycles. The summed E-state index contributed by atoms with van der Waals surface area (Å²) < 4.78 is 0.